The first kappa shape index (κ1) is 13.2. The van der Waals surface area contributed by atoms with Gasteiger partial charge in [-0.3, -0.25) is 4.79 Å². The van der Waals surface area contributed by atoms with Gasteiger partial charge in [-0.1, -0.05) is 0 Å². The lowest BCUT2D eigenvalue weighted by Gasteiger charge is -2.09. The van der Waals surface area contributed by atoms with E-state index in [0.717, 1.165) is 6.07 Å². The third-order valence-electron chi connectivity index (χ3n) is 2.54. The Kier molecular flexibility index (Phi) is 3.30. The standard InChI is InChI=1S/C9H11NO6S2/c11-5-8-1-2-9(16-8)18(14,15)10-7-3-4-17(12,13)6-7/h1-2,5,7,10H,3-4,6H2. The summed E-state index contributed by atoms with van der Waals surface area (Å²) in [5, 5.41) is -0.395. The van der Waals surface area contributed by atoms with Crippen molar-refractivity contribution in [2.45, 2.75) is 17.6 Å². The molecule has 1 saturated heterocycles. The highest BCUT2D eigenvalue weighted by Gasteiger charge is 2.32. The summed E-state index contributed by atoms with van der Waals surface area (Å²) in [5.74, 6) is -0.347. The number of hydrogen-bond acceptors (Lipinski definition) is 6. The van der Waals surface area contributed by atoms with E-state index in [1.54, 1.807) is 0 Å². The van der Waals surface area contributed by atoms with Crippen molar-refractivity contribution in [3.05, 3.63) is 17.9 Å². The van der Waals surface area contributed by atoms with Crippen molar-refractivity contribution in [2.24, 2.45) is 0 Å². The zero-order valence-electron chi connectivity index (χ0n) is 9.20. The second-order valence-electron chi connectivity index (χ2n) is 4.00. The largest absolute Gasteiger partial charge is 0.440 e. The van der Waals surface area contributed by atoms with Crippen LogP contribution < -0.4 is 4.72 Å². The van der Waals surface area contributed by atoms with Crippen LogP contribution in [0.2, 0.25) is 0 Å². The van der Waals surface area contributed by atoms with E-state index in [2.05, 4.69) is 4.72 Å². The van der Waals surface area contributed by atoms with Crippen molar-refractivity contribution in [1.82, 2.24) is 4.72 Å². The lowest BCUT2D eigenvalue weighted by Crippen LogP contribution is -2.35. The molecular formula is C9H11NO6S2. The van der Waals surface area contributed by atoms with Gasteiger partial charge in [-0.2, -0.15) is 0 Å². The number of furan rings is 1. The number of carbonyl (C=O) groups is 1. The van der Waals surface area contributed by atoms with Crippen LogP contribution in [0.5, 0.6) is 0 Å². The van der Waals surface area contributed by atoms with Crippen LogP contribution in [0.4, 0.5) is 0 Å². The van der Waals surface area contributed by atoms with E-state index in [4.69, 9.17) is 4.42 Å². The average molecular weight is 293 g/mol. The van der Waals surface area contributed by atoms with Gasteiger partial charge >= 0.3 is 0 Å². The normalized spacial score (nSPS) is 23.0. The molecule has 1 aromatic heterocycles. The number of sulfone groups is 1. The van der Waals surface area contributed by atoms with E-state index in [9.17, 15) is 21.6 Å². The SMILES string of the molecule is O=Cc1ccc(S(=O)(=O)NC2CCS(=O)(=O)C2)o1. The molecule has 1 aliphatic heterocycles. The predicted octanol–water partition coefficient (Wildman–Crippen LogP) is -0.442. The van der Waals surface area contributed by atoms with Crippen LogP contribution in [0.3, 0.4) is 0 Å². The number of sulfonamides is 1. The minimum atomic E-state index is -3.92. The average Bonchev–Trinajstić information content (AvgIpc) is 2.84. The van der Waals surface area contributed by atoms with Crippen molar-refractivity contribution in [2.75, 3.05) is 11.5 Å². The van der Waals surface area contributed by atoms with E-state index in [1.165, 1.54) is 6.07 Å². The monoisotopic (exact) mass is 293 g/mol. The van der Waals surface area contributed by atoms with E-state index in [0.29, 0.717) is 6.29 Å². The van der Waals surface area contributed by atoms with Gasteiger partial charge in [0.1, 0.15) is 0 Å². The molecule has 2 heterocycles. The van der Waals surface area contributed by atoms with Gasteiger partial charge in [-0.05, 0) is 18.6 Å². The fourth-order valence-electron chi connectivity index (χ4n) is 1.71. The summed E-state index contributed by atoms with van der Waals surface area (Å²) < 4.78 is 53.1. The van der Waals surface area contributed by atoms with Crippen molar-refractivity contribution in [1.29, 1.82) is 0 Å². The first-order valence-corrected chi connectivity index (χ1v) is 8.41. The Labute approximate surface area is 104 Å². The first-order chi connectivity index (χ1) is 8.32. The van der Waals surface area contributed by atoms with Gasteiger partial charge in [0, 0.05) is 6.04 Å². The Bertz CT molecular complexity index is 657. The van der Waals surface area contributed by atoms with E-state index in [-0.39, 0.29) is 23.7 Å². The van der Waals surface area contributed by atoms with E-state index < -0.39 is 31.0 Å². The smallest absolute Gasteiger partial charge is 0.274 e. The maximum Gasteiger partial charge on any atom is 0.274 e. The summed E-state index contributed by atoms with van der Waals surface area (Å²) in [6.45, 7) is 0. The molecule has 100 valence electrons. The molecule has 1 atom stereocenters. The first-order valence-electron chi connectivity index (χ1n) is 5.10. The molecule has 1 aromatic rings. The van der Waals surface area contributed by atoms with Gasteiger partial charge in [0.2, 0.25) is 5.09 Å². The quantitative estimate of drug-likeness (QED) is 0.753. The highest BCUT2D eigenvalue weighted by molar-refractivity contribution is 7.92. The molecule has 1 N–H and O–H groups in total. The number of hydrogen-bond donors (Lipinski definition) is 1. The summed E-state index contributed by atoms with van der Waals surface area (Å²) >= 11 is 0. The molecule has 18 heavy (non-hydrogen) atoms. The minimum Gasteiger partial charge on any atom is -0.440 e. The molecular weight excluding hydrogens is 282 g/mol. The maximum absolute atomic E-state index is 11.8. The van der Waals surface area contributed by atoms with Gasteiger partial charge in [-0.25, -0.2) is 21.6 Å². The van der Waals surface area contributed by atoms with Crippen molar-refractivity contribution in [3.63, 3.8) is 0 Å². The topological polar surface area (TPSA) is 111 Å². The molecule has 0 spiro atoms. The van der Waals surface area contributed by atoms with E-state index in [1.807, 2.05) is 0 Å². The molecule has 7 nitrogen and oxygen atoms in total. The Morgan fingerprint density at radius 2 is 2.11 bits per heavy atom. The summed E-state index contributed by atoms with van der Waals surface area (Å²) in [6, 6.07) is 1.73. The third-order valence-corrected chi connectivity index (χ3v) is 5.70. The van der Waals surface area contributed by atoms with Crippen LogP contribution in [0, 0.1) is 0 Å². The number of aldehydes is 1. The molecule has 1 unspecified atom stereocenters. The summed E-state index contributed by atoms with van der Waals surface area (Å²) in [7, 11) is -7.09. The van der Waals surface area contributed by atoms with Gasteiger partial charge < -0.3 is 4.42 Å². The van der Waals surface area contributed by atoms with Gasteiger partial charge in [0.05, 0.1) is 11.5 Å². The zero-order valence-corrected chi connectivity index (χ0v) is 10.8. The van der Waals surface area contributed by atoms with Crippen LogP contribution in [-0.4, -0.2) is 40.7 Å². The number of nitrogens with one attached hydrogen (secondary N) is 1. The van der Waals surface area contributed by atoms with Crippen LogP contribution in [0.15, 0.2) is 21.6 Å². The fraction of sp³-hybridized carbons (Fsp3) is 0.444. The molecule has 1 fully saturated rings. The van der Waals surface area contributed by atoms with Crippen LogP contribution >= 0.6 is 0 Å². The van der Waals surface area contributed by atoms with Crippen molar-refractivity contribution < 1.29 is 26.0 Å². The molecule has 0 saturated carbocycles. The van der Waals surface area contributed by atoms with Crippen LogP contribution in [0.1, 0.15) is 17.0 Å². The minimum absolute atomic E-state index is 0.0298. The van der Waals surface area contributed by atoms with Crippen molar-refractivity contribution in [3.8, 4) is 0 Å². The van der Waals surface area contributed by atoms with Gasteiger partial charge in [0.15, 0.2) is 21.9 Å². The molecule has 0 aliphatic carbocycles. The predicted molar refractivity (Wildman–Crippen MR) is 61.5 cm³/mol. The Morgan fingerprint density at radius 3 is 2.61 bits per heavy atom. The third kappa shape index (κ3) is 2.79. The molecule has 0 radical (unpaired) electrons. The maximum atomic E-state index is 11.8. The highest BCUT2D eigenvalue weighted by Crippen LogP contribution is 2.17. The number of carbonyl (C=O) groups excluding carboxylic acids is 1. The zero-order chi connectivity index (χ0) is 13.4. The van der Waals surface area contributed by atoms with Crippen LogP contribution in [-0.2, 0) is 19.9 Å². The second-order valence-corrected chi connectivity index (χ2v) is 7.87. The lowest BCUT2D eigenvalue weighted by atomic mass is 10.3. The van der Waals surface area contributed by atoms with E-state index >= 15 is 0 Å². The molecule has 2 rings (SSSR count). The molecule has 0 aromatic carbocycles. The summed E-state index contributed by atoms with van der Waals surface area (Å²) in [6.07, 6.45) is 0.627. The fourth-order valence-corrected chi connectivity index (χ4v) is 4.70. The summed E-state index contributed by atoms with van der Waals surface area (Å²) in [4.78, 5) is 10.4. The van der Waals surface area contributed by atoms with Crippen molar-refractivity contribution >= 4 is 26.1 Å². The Hall–Kier alpha value is -1.19. The highest BCUT2D eigenvalue weighted by atomic mass is 32.2. The Morgan fingerprint density at radius 1 is 1.39 bits per heavy atom. The Balaban J connectivity index is 2.15. The number of rotatable bonds is 4. The second kappa shape index (κ2) is 4.48. The van der Waals surface area contributed by atoms with Gasteiger partial charge in [0.25, 0.3) is 10.0 Å². The molecule has 1 aliphatic rings. The molecule has 0 amide bonds. The molecule has 9 heteroatoms. The lowest BCUT2D eigenvalue weighted by molar-refractivity contribution is 0.109. The van der Waals surface area contributed by atoms with Gasteiger partial charge in [-0.15, -0.1) is 0 Å². The molecule has 0 bridgehead atoms. The summed E-state index contributed by atoms with van der Waals surface area (Å²) in [5.41, 5.74) is 0. The van der Waals surface area contributed by atoms with Crippen LogP contribution in [0.25, 0.3) is 0 Å².